The standard InChI is InChI=1S/C20H21N3O2S/c1-12-5-4-6-14(13(12)2)20(18(25)11-24)9-15-17(10-20)26-19(22-15)16-7-8-21-23(16)3/h4-8,24H,9-11H2,1-3H3/t20-/m1/s1. The summed E-state index contributed by atoms with van der Waals surface area (Å²) in [6, 6.07) is 8.02. The van der Waals surface area contributed by atoms with Crippen LogP contribution in [0.4, 0.5) is 0 Å². The summed E-state index contributed by atoms with van der Waals surface area (Å²) < 4.78 is 1.81. The maximum Gasteiger partial charge on any atom is 0.169 e. The Morgan fingerprint density at radius 2 is 2.12 bits per heavy atom. The predicted octanol–water partition coefficient (Wildman–Crippen LogP) is 2.76. The SMILES string of the molecule is Cc1cccc([C@@]2(C(=O)CO)Cc3nc(-c4ccnn4C)sc3C2)c1C. The molecular weight excluding hydrogens is 346 g/mol. The minimum atomic E-state index is -0.704. The number of aliphatic hydroxyl groups is 1. The number of thiazole rings is 1. The van der Waals surface area contributed by atoms with Gasteiger partial charge in [-0.25, -0.2) is 4.98 Å². The van der Waals surface area contributed by atoms with E-state index in [1.807, 2.05) is 29.9 Å². The minimum absolute atomic E-state index is 0.126. The molecule has 0 unspecified atom stereocenters. The zero-order valence-corrected chi connectivity index (χ0v) is 15.9. The number of Topliss-reactive ketones (excluding diaryl/α,β-unsaturated/α-hetero) is 1. The molecule has 1 atom stereocenters. The third-order valence-corrected chi connectivity index (χ3v) is 6.67. The van der Waals surface area contributed by atoms with Gasteiger partial charge in [0, 0.05) is 31.0 Å². The Hall–Kier alpha value is -2.31. The highest BCUT2D eigenvalue weighted by Gasteiger charge is 2.47. The van der Waals surface area contributed by atoms with Crippen molar-refractivity contribution in [3.05, 3.63) is 57.7 Å². The van der Waals surface area contributed by atoms with Gasteiger partial charge in [-0.05, 0) is 36.6 Å². The van der Waals surface area contributed by atoms with Crippen LogP contribution in [-0.4, -0.2) is 32.3 Å². The van der Waals surface area contributed by atoms with Gasteiger partial charge in [-0.3, -0.25) is 9.48 Å². The number of aliphatic hydroxyl groups excluding tert-OH is 1. The molecule has 2 heterocycles. The second kappa shape index (κ2) is 6.14. The Labute approximate surface area is 156 Å². The molecule has 0 aliphatic heterocycles. The Morgan fingerprint density at radius 3 is 2.77 bits per heavy atom. The number of hydrogen-bond donors (Lipinski definition) is 1. The maximum absolute atomic E-state index is 12.8. The van der Waals surface area contributed by atoms with Gasteiger partial charge in [-0.15, -0.1) is 11.3 Å². The summed E-state index contributed by atoms with van der Waals surface area (Å²) >= 11 is 1.62. The molecule has 0 saturated carbocycles. The lowest BCUT2D eigenvalue weighted by Gasteiger charge is -2.29. The molecular formula is C20H21N3O2S. The lowest BCUT2D eigenvalue weighted by atomic mass is 9.72. The quantitative estimate of drug-likeness (QED) is 0.770. The summed E-state index contributed by atoms with van der Waals surface area (Å²) in [6.45, 7) is 3.66. The van der Waals surface area contributed by atoms with Crippen LogP contribution in [0.25, 0.3) is 10.7 Å². The number of ketones is 1. The number of rotatable bonds is 4. The van der Waals surface area contributed by atoms with Crippen LogP contribution in [0.5, 0.6) is 0 Å². The number of hydrogen-bond acceptors (Lipinski definition) is 5. The summed E-state index contributed by atoms with van der Waals surface area (Å²) in [4.78, 5) is 18.8. The van der Waals surface area contributed by atoms with Gasteiger partial charge >= 0.3 is 0 Å². The Balaban J connectivity index is 1.78. The van der Waals surface area contributed by atoms with Gasteiger partial charge in [-0.1, -0.05) is 18.2 Å². The van der Waals surface area contributed by atoms with E-state index in [0.717, 1.165) is 38.0 Å². The Morgan fingerprint density at radius 1 is 1.31 bits per heavy atom. The fraction of sp³-hybridized carbons (Fsp3) is 0.350. The van der Waals surface area contributed by atoms with Crippen molar-refractivity contribution in [1.82, 2.24) is 14.8 Å². The van der Waals surface area contributed by atoms with Crippen molar-refractivity contribution in [3.8, 4) is 10.7 Å². The second-order valence-corrected chi connectivity index (χ2v) is 8.08. The first-order valence-electron chi connectivity index (χ1n) is 8.64. The van der Waals surface area contributed by atoms with Gasteiger partial charge in [0.15, 0.2) is 5.78 Å². The molecule has 1 N–H and O–H groups in total. The number of nitrogens with zero attached hydrogens (tertiary/aromatic N) is 3. The van der Waals surface area contributed by atoms with E-state index in [4.69, 9.17) is 4.98 Å². The van der Waals surface area contributed by atoms with Crippen molar-refractivity contribution < 1.29 is 9.90 Å². The summed E-state index contributed by atoms with van der Waals surface area (Å²) in [7, 11) is 1.90. The van der Waals surface area contributed by atoms with Crippen LogP contribution in [0.2, 0.25) is 0 Å². The molecule has 134 valence electrons. The first kappa shape index (κ1) is 17.1. The van der Waals surface area contributed by atoms with Crippen molar-refractivity contribution in [3.63, 3.8) is 0 Å². The molecule has 3 aromatic rings. The van der Waals surface area contributed by atoms with Crippen molar-refractivity contribution in [2.45, 2.75) is 32.1 Å². The van der Waals surface area contributed by atoms with Gasteiger partial charge in [0.05, 0.1) is 16.8 Å². The predicted molar refractivity (Wildman–Crippen MR) is 101 cm³/mol. The van der Waals surface area contributed by atoms with E-state index in [1.165, 1.54) is 0 Å². The van der Waals surface area contributed by atoms with E-state index in [1.54, 1.807) is 17.5 Å². The molecule has 6 heteroatoms. The monoisotopic (exact) mass is 367 g/mol. The van der Waals surface area contributed by atoms with E-state index in [9.17, 15) is 9.90 Å². The summed E-state index contributed by atoms with van der Waals surface area (Å²) in [5.41, 5.74) is 4.54. The van der Waals surface area contributed by atoms with Gasteiger partial charge < -0.3 is 5.11 Å². The number of benzene rings is 1. The smallest absolute Gasteiger partial charge is 0.169 e. The fourth-order valence-corrected chi connectivity index (χ4v) is 5.18. The highest BCUT2D eigenvalue weighted by Crippen LogP contribution is 2.45. The summed E-state index contributed by atoms with van der Waals surface area (Å²) in [5.74, 6) is -0.126. The number of carbonyl (C=O) groups is 1. The molecule has 1 aliphatic rings. The van der Waals surface area contributed by atoms with E-state index in [2.05, 4.69) is 25.0 Å². The van der Waals surface area contributed by atoms with Gasteiger partial charge in [0.1, 0.15) is 11.6 Å². The van der Waals surface area contributed by atoms with Crippen LogP contribution in [-0.2, 0) is 30.1 Å². The molecule has 2 aromatic heterocycles. The zero-order valence-electron chi connectivity index (χ0n) is 15.1. The van der Waals surface area contributed by atoms with Crippen LogP contribution >= 0.6 is 11.3 Å². The summed E-state index contributed by atoms with van der Waals surface area (Å²) in [5, 5.41) is 14.8. The normalized spacial score (nSPS) is 18.9. The molecule has 26 heavy (non-hydrogen) atoms. The first-order valence-corrected chi connectivity index (χ1v) is 9.46. The zero-order chi connectivity index (χ0) is 18.5. The van der Waals surface area contributed by atoms with Gasteiger partial charge in [-0.2, -0.15) is 5.10 Å². The minimum Gasteiger partial charge on any atom is -0.389 e. The molecule has 0 bridgehead atoms. The van der Waals surface area contributed by atoms with Gasteiger partial charge in [0.2, 0.25) is 0 Å². The molecule has 5 nitrogen and oxygen atoms in total. The summed E-state index contributed by atoms with van der Waals surface area (Å²) in [6.07, 6.45) is 2.90. The van der Waals surface area contributed by atoms with E-state index in [-0.39, 0.29) is 5.78 Å². The van der Waals surface area contributed by atoms with E-state index >= 15 is 0 Å². The lowest BCUT2D eigenvalue weighted by molar-refractivity contribution is -0.127. The number of aryl methyl sites for hydroxylation is 2. The average molecular weight is 367 g/mol. The number of fused-ring (bicyclic) bond motifs is 1. The van der Waals surface area contributed by atoms with E-state index < -0.39 is 12.0 Å². The van der Waals surface area contributed by atoms with Crippen molar-refractivity contribution in [1.29, 1.82) is 0 Å². The van der Waals surface area contributed by atoms with Crippen LogP contribution in [0, 0.1) is 13.8 Å². The third-order valence-electron chi connectivity index (χ3n) is 5.55. The van der Waals surface area contributed by atoms with E-state index in [0.29, 0.717) is 12.8 Å². The molecule has 0 saturated heterocycles. The third kappa shape index (κ3) is 2.44. The Kier molecular flexibility index (Phi) is 4.04. The lowest BCUT2D eigenvalue weighted by Crippen LogP contribution is -2.39. The van der Waals surface area contributed by atoms with Crippen molar-refractivity contribution >= 4 is 17.1 Å². The largest absolute Gasteiger partial charge is 0.389 e. The molecule has 4 rings (SSSR count). The van der Waals surface area contributed by atoms with Crippen molar-refractivity contribution in [2.75, 3.05) is 6.61 Å². The Bertz CT molecular complexity index is 979. The van der Waals surface area contributed by atoms with Crippen LogP contribution < -0.4 is 0 Å². The van der Waals surface area contributed by atoms with Crippen molar-refractivity contribution in [2.24, 2.45) is 7.05 Å². The maximum atomic E-state index is 12.8. The molecule has 1 aromatic carbocycles. The highest BCUT2D eigenvalue weighted by atomic mass is 32.1. The van der Waals surface area contributed by atoms with Gasteiger partial charge in [0.25, 0.3) is 0 Å². The molecule has 1 aliphatic carbocycles. The average Bonchev–Trinajstić information content (AvgIpc) is 3.29. The number of aromatic nitrogens is 3. The van der Waals surface area contributed by atoms with Crippen LogP contribution in [0.15, 0.2) is 30.5 Å². The van der Waals surface area contributed by atoms with Crippen LogP contribution in [0.3, 0.4) is 0 Å². The number of carbonyl (C=O) groups excluding carboxylic acids is 1. The fourth-order valence-electron chi connectivity index (χ4n) is 3.93. The topological polar surface area (TPSA) is 68.0 Å². The van der Waals surface area contributed by atoms with Crippen LogP contribution in [0.1, 0.15) is 27.3 Å². The second-order valence-electron chi connectivity index (χ2n) is 6.99. The molecule has 0 amide bonds. The highest BCUT2D eigenvalue weighted by molar-refractivity contribution is 7.15. The first-order chi connectivity index (χ1) is 12.5. The molecule has 0 radical (unpaired) electrons. The molecule has 0 spiro atoms. The molecule has 0 fully saturated rings.